The van der Waals surface area contributed by atoms with Crippen molar-refractivity contribution in [3.63, 3.8) is 0 Å². The number of nitrogens with one attached hydrogen (secondary N) is 1. The minimum absolute atomic E-state index is 0.470. The second-order valence-corrected chi connectivity index (χ2v) is 4.38. The van der Waals surface area contributed by atoms with Crippen LogP contribution in [0, 0.1) is 0 Å². The quantitative estimate of drug-likeness (QED) is 0.786. The number of anilines is 1. The Balaban J connectivity index is 1.87. The van der Waals surface area contributed by atoms with E-state index in [9.17, 15) is 0 Å². The molecular weight excluding hydrogens is 250 g/mol. The second-order valence-electron chi connectivity index (χ2n) is 4.38. The lowest BCUT2D eigenvalue weighted by molar-refractivity contribution is 0.310. The first-order valence-corrected chi connectivity index (χ1v) is 6.46. The van der Waals surface area contributed by atoms with E-state index in [4.69, 9.17) is 4.74 Å². The minimum Gasteiger partial charge on any atom is -0.488 e. The standard InChI is InChI=1S/C16H15N3O/c1-17-16-12(5-3-10-19-16)11-20-15-8-2-7-14-13(15)6-4-9-18-14/h2-10H,11H2,1H3,(H,17,19). The van der Waals surface area contributed by atoms with Crippen molar-refractivity contribution in [2.45, 2.75) is 6.61 Å². The van der Waals surface area contributed by atoms with E-state index in [0.717, 1.165) is 28.0 Å². The largest absolute Gasteiger partial charge is 0.488 e. The van der Waals surface area contributed by atoms with E-state index in [0.29, 0.717) is 6.61 Å². The van der Waals surface area contributed by atoms with Crippen molar-refractivity contribution in [3.8, 4) is 5.75 Å². The average Bonchev–Trinajstić information content (AvgIpc) is 2.53. The molecule has 3 aromatic rings. The van der Waals surface area contributed by atoms with Crippen LogP contribution in [0.4, 0.5) is 5.82 Å². The normalized spacial score (nSPS) is 10.4. The summed E-state index contributed by atoms with van der Waals surface area (Å²) < 4.78 is 5.93. The summed E-state index contributed by atoms with van der Waals surface area (Å²) in [7, 11) is 1.85. The summed E-state index contributed by atoms with van der Waals surface area (Å²) in [4.78, 5) is 8.59. The highest BCUT2D eigenvalue weighted by Gasteiger charge is 2.05. The molecule has 1 aromatic carbocycles. The molecule has 1 N–H and O–H groups in total. The van der Waals surface area contributed by atoms with Crippen molar-refractivity contribution in [1.29, 1.82) is 0 Å². The van der Waals surface area contributed by atoms with Gasteiger partial charge in [0.2, 0.25) is 0 Å². The zero-order valence-corrected chi connectivity index (χ0v) is 11.2. The van der Waals surface area contributed by atoms with Crippen molar-refractivity contribution in [1.82, 2.24) is 9.97 Å². The summed E-state index contributed by atoms with van der Waals surface area (Å²) in [6.45, 7) is 0.470. The van der Waals surface area contributed by atoms with Crippen molar-refractivity contribution in [2.75, 3.05) is 12.4 Å². The van der Waals surface area contributed by atoms with Gasteiger partial charge in [-0.25, -0.2) is 4.98 Å². The molecule has 0 saturated heterocycles. The van der Waals surface area contributed by atoms with E-state index >= 15 is 0 Å². The smallest absolute Gasteiger partial charge is 0.132 e. The molecule has 4 nitrogen and oxygen atoms in total. The Bertz CT molecular complexity index is 722. The van der Waals surface area contributed by atoms with Gasteiger partial charge < -0.3 is 10.1 Å². The van der Waals surface area contributed by atoms with Gasteiger partial charge in [0.25, 0.3) is 0 Å². The molecule has 0 fully saturated rings. The highest BCUT2D eigenvalue weighted by molar-refractivity contribution is 5.84. The number of ether oxygens (including phenoxy) is 1. The number of rotatable bonds is 4. The molecule has 0 aliphatic heterocycles. The molecule has 0 spiro atoms. The van der Waals surface area contributed by atoms with Crippen molar-refractivity contribution < 1.29 is 4.74 Å². The van der Waals surface area contributed by atoms with Crippen LogP contribution in [0.5, 0.6) is 5.75 Å². The van der Waals surface area contributed by atoms with E-state index in [1.54, 1.807) is 12.4 Å². The Morgan fingerprint density at radius 2 is 1.85 bits per heavy atom. The van der Waals surface area contributed by atoms with E-state index in [1.807, 2.05) is 49.5 Å². The lowest BCUT2D eigenvalue weighted by atomic mass is 10.2. The number of hydrogen-bond donors (Lipinski definition) is 1. The second kappa shape index (κ2) is 5.57. The molecule has 0 radical (unpaired) electrons. The number of nitrogens with zero attached hydrogens (tertiary/aromatic N) is 2. The molecule has 0 aliphatic rings. The van der Waals surface area contributed by atoms with Crippen molar-refractivity contribution in [2.24, 2.45) is 0 Å². The minimum atomic E-state index is 0.470. The Morgan fingerprint density at radius 1 is 1.00 bits per heavy atom. The van der Waals surface area contributed by atoms with Gasteiger partial charge in [0.15, 0.2) is 0 Å². The molecule has 2 aromatic heterocycles. The van der Waals surface area contributed by atoms with Crippen molar-refractivity contribution >= 4 is 16.7 Å². The van der Waals surface area contributed by atoms with Gasteiger partial charge in [-0.2, -0.15) is 0 Å². The lowest BCUT2D eigenvalue weighted by Gasteiger charge is -2.11. The first kappa shape index (κ1) is 12.4. The average molecular weight is 265 g/mol. The predicted molar refractivity (Wildman–Crippen MR) is 79.9 cm³/mol. The molecule has 3 rings (SSSR count). The molecule has 0 amide bonds. The Morgan fingerprint density at radius 3 is 2.75 bits per heavy atom. The molecule has 0 saturated carbocycles. The van der Waals surface area contributed by atoms with Gasteiger partial charge in [0.05, 0.1) is 5.52 Å². The summed E-state index contributed by atoms with van der Waals surface area (Å²) in [6.07, 6.45) is 3.55. The fourth-order valence-corrected chi connectivity index (χ4v) is 2.14. The third-order valence-electron chi connectivity index (χ3n) is 3.12. The number of hydrogen-bond acceptors (Lipinski definition) is 4. The summed E-state index contributed by atoms with van der Waals surface area (Å²) in [6, 6.07) is 13.7. The third-order valence-corrected chi connectivity index (χ3v) is 3.12. The molecule has 0 aliphatic carbocycles. The molecule has 4 heteroatoms. The van der Waals surface area contributed by atoms with Gasteiger partial charge in [0, 0.05) is 30.4 Å². The fraction of sp³-hybridized carbons (Fsp3) is 0.125. The van der Waals surface area contributed by atoms with E-state index < -0.39 is 0 Å². The highest BCUT2D eigenvalue weighted by atomic mass is 16.5. The van der Waals surface area contributed by atoms with Gasteiger partial charge in [-0.1, -0.05) is 12.1 Å². The maximum atomic E-state index is 5.93. The Labute approximate surface area is 117 Å². The topological polar surface area (TPSA) is 47.0 Å². The van der Waals surface area contributed by atoms with Gasteiger partial charge in [-0.05, 0) is 30.3 Å². The Kier molecular flexibility index (Phi) is 3.46. The molecule has 0 bridgehead atoms. The van der Waals surface area contributed by atoms with Crippen LogP contribution in [-0.4, -0.2) is 17.0 Å². The SMILES string of the molecule is CNc1ncccc1COc1cccc2ncccc12. The summed E-state index contributed by atoms with van der Waals surface area (Å²) in [5.74, 6) is 1.67. The van der Waals surface area contributed by atoms with Gasteiger partial charge in [0.1, 0.15) is 18.2 Å². The highest BCUT2D eigenvalue weighted by Crippen LogP contribution is 2.25. The van der Waals surface area contributed by atoms with Crippen LogP contribution in [0.2, 0.25) is 0 Å². The maximum absolute atomic E-state index is 5.93. The van der Waals surface area contributed by atoms with Gasteiger partial charge in [-0.3, -0.25) is 4.98 Å². The molecule has 0 atom stereocenters. The molecule has 20 heavy (non-hydrogen) atoms. The predicted octanol–water partition coefficient (Wildman–Crippen LogP) is 3.25. The number of pyridine rings is 2. The Hall–Kier alpha value is -2.62. The monoisotopic (exact) mass is 265 g/mol. The zero-order chi connectivity index (χ0) is 13.8. The zero-order valence-electron chi connectivity index (χ0n) is 11.2. The first-order chi connectivity index (χ1) is 9.88. The molecule has 0 unspecified atom stereocenters. The maximum Gasteiger partial charge on any atom is 0.132 e. The van der Waals surface area contributed by atoms with Crippen LogP contribution >= 0.6 is 0 Å². The number of benzene rings is 1. The molecule has 2 heterocycles. The van der Waals surface area contributed by atoms with Crippen LogP contribution in [0.25, 0.3) is 10.9 Å². The van der Waals surface area contributed by atoms with E-state index in [-0.39, 0.29) is 0 Å². The molecule has 100 valence electrons. The number of fused-ring (bicyclic) bond motifs is 1. The van der Waals surface area contributed by atoms with E-state index in [1.165, 1.54) is 0 Å². The molecular formula is C16H15N3O. The fourth-order valence-electron chi connectivity index (χ4n) is 2.14. The lowest BCUT2D eigenvalue weighted by Crippen LogP contribution is -2.02. The third kappa shape index (κ3) is 2.40. The van der Waals surface area contributed by atoms with Crippen LogP contribution < -0.4 is 10.1 Å². The van der Waals surface area contributed by atoms with Gasteiger partial charge >= 0.3 is 0 Å². The summed E-state index contributed by atoms with van der Waals surface area (Å²) in [5, 5.41) is 4.08. The van der Waals surface area contributed by atoms with Crippen LogP contribution in [0.1, 0.15) is 5.56 Å². The van der Waals surface area contributed by atoms with Crippen molar-refractivity contribution in [3.05, 3.63) is 60.4 Å². The van der Waals surface area contributed by atoms with Crippen LogP contribution in [0.15, 0.2) is 54.9 Å². The summed E-state index contributed by atoms with van der Waals surface area (Å²) >= 11 is 0. The van der Waals surface area contributed by atoms with Crippen LogP contribution in [-0.2, 0) is 6.61 Å². The van der Waals surface area contributed by atoms with E-state index in [2.05, 4.69) is 15.3 Å². The van der Waals surface area contributed by atoms with Gasteiger partial charge in [-0.15, -0.1) is 0 Å². The number of aromatic nitrogens is 2. The first-order valence-electron chi connectivity index (χ1n) is 6.46. The van der Waals surface area contributed by atoms with Crippen LogP contribution in [0.3, 0.4) is 0 Å². The summed E-state index contributed by atoms with van der Waals surface area (Å²) in [5.41, 5.74) is 1.96.